The number of carbonyl (C=O) groups is 1. The number of methoxy groups -OCH3 is 2. The zero-order valence-electron chi connectivity index (χ0n) is 12.9. The number of hydrogen-bond acceptors (Lipinski definition) is 5. The van der Waals surface area contributed by atoms with Crippen LogP contribution in [0.1, 0.15) is 15.9 Å². The van der Waals surface area contributed by atoms with Gasteiger partial charge in [0.25, 0.3) is 0 Å². The molecular formula is C18H16O5. The molecule has 0 fully saturated rings. The van der Waals surface area contributed by atoms with Crippen LogP contribution < -0.4 is 18.9 Å². The molecule has 1 aliphatic rings. The molecule has 0 unspecified atom stereocenters. The zero-order valence-corrected chi connectivity index (χ0v) is 12.9. The Morgan fingerprint density at radius 1 is 1.00 bits per heavy atom. The van der Waals surface area contributed by atoms with Gasteiger partial charge in [-0.05, 0) is 35.9 Å². The van der Waals surface area contributed by atoms with Crippen molar-refractivity contribution in [3.63, 3.8) is 0 Å². The third-order valence-electron chi connectivity index (χ3n) is 3.46. The van der Waals surface area contributed by atoms with Crippen molar-refractivity contribution in [2.75, 3.05) is 21.0 Å². The van der Waals surface area contributed by atoms with Crippen molar-refractivity contribution in [3.05, 3.63) is 53.6 Å². The highest BCUT2D eigenvalue weighted by atomic mass is 16.7. The second kappa shape index (κ2) is 6.44. The molecule has 0 saturated heterocycles. The van der Waals surface area contributed by atoms with Crippen LogP contribution in [0.5, 0.6) is 23.0 Å². The molecule has 2 aromatic rings. The van der Waals surface area contributed by atoms with E-state index in [0.29, 0.717) is 28.6 Å². The number of hydrogen-bond donors (Lipinski definition) is 0. The van der Waals surface area contributed by atoms with Crippen molar-refractivity contribution >= 4 is 11.9 Å². The average Bonchev–Trinajstić information content (AvgIpc) is 3.06. The van der Waals surface area contributed by atoms with Crippen LogP contribution in [0.4, 0.5) is 0 Å². The van der Waals surface area contributed by atoms with E-state index in [-0.39, 0.29) is 12.6 Å². The van der Waals surface area contributed by atoms with Gasteiger partial charge in [0.15, 0.2) is 17.3 Å². The maximum absolute atomic E-state index is 12.3. The van der Waals surface area contributed by atoms with Gasteiger partial charge in [-0.1, -0.05) is 12.1 Å². The van der Waals surface area contributed by atoms with E-state index < -0.39 is 0 Å². The van der Waals surface area contributed by atoms with E-state index in [9.17, 15) is 4.79 Å². The van der Waals surface area contributed by atoms with Crippen LogP contribution >= 0.6 is 0 Å². The molecule has 5 heteroatoms. The van der Waals surface area contributed by atoms with Gasteiger partial charge < -0.3 is 18.9 Å². The Labute approximate surface area is 134 Å². The van der Waals surface area contributed by atoms with Gasteiger partial charge >= 0.3 is 0 Å². The lowest BCUT2D eigenvalue weighted by Crippen LogP contribution is -1.97. The third kappa shape index (κ3) is 3.29. The highest BCUT2D eigenvalue weighted by Gasteiger charge is 2.12. The second-order valence-electron chi connectivity index (χ2n) is 4.91. The molecule has 118 valence electrons. The smallest absolute Gasteiger partial charge is 0.231 e. The van der Waals surface area contributed by atoms with Gasteiger partial charge in [-0.2, -0.15) is 0 Å². The average molecular weight is 312 g/mol. The summed E-state index contributed by atoms with van der Waals surface area (Å²) in [6.07, 6.45) is 3.24. The van der Waals surface area contributed by atoms with E-state index in [4.69, 9.17) is 18.9 Å². The normalized spacial score (nSPS) is 12.4. The van der Waals surface area contributed by atoms with E-state index >= 15 is 0 Å². The maximum atomic E-state index is 12.3. The maximum Gasteiger partial charge on any atom is 0.231 e. The van der Waals surface area contributed by atoms with Crippen LogP contribution in [0.2, 0.25) is 0 Å². The molecule has 1 heterocycles. The molecule has 0 radical (unpaired) electrons. The third-order valence-corrected chi connectivity index (χ3v) is 3.46. The molecule has 0 N–H and O–H groups in total. The van der Waals surface area contributed by atoms with Gasteiger partial charge in [-0.15, -0.1) is 0 Å². The van der Waals surface area contributed by atoms with Crippen molar-refractivity contribution < 1.29 is 23.7 Å². The summed E-state index contributed by atoms with van der Waals surface area (Å²) >= 11 is 0. The first-order valence-electron chi connectivity index (χ1n) is 7.05. The molecule has 0 aromatic heterocycles. The molecular weight excluding hydrogens is 296 g/mol. The Morgan fingerprint density at radius 3 is 2.39 bits per heavy atom. The van der Waals surface area contributed by atoms with Gasteiger partial charge in [-0.3, -0.25) is 4.79 Å². The monoisotopic (exact) mass is 312 g/mol. The van der Waals surface area contributed by atoms with E-state index in [0.717, 1.165) is 5.56 Å². The Hall–Kier alpha value is -2.95. The lowest BCUT2D eigenvalue weighted by molar-refractivity contribution is 0.104. The van der Waals surface area contributed by atoms with Gasteiger partial charge in [-0.25, -0.2) is 0 Å². The largest absolute Gasteiger partial charge is 0.497 e. The Bertz CT molecular complexity index is 742. The summed E-state index contributed by atoms with van der Waals surface area (Å²) in [6, 6.07) is 10.6. The highest BCUT2D eigenvalue weighted by molar-refractivity contribution is 6.07. The van der Waals surface area contributed by atoms with Gasteiger partial charge in [0.2, 0.25) is 6.79 Å². The van der Waals surface area contributed by atoms with E-state index in [2.05, 4.69) is 0 Å². The zero-order chi connectivity index (χ0) is 16.2. The van der Waals surface area contributed by atoms with E-state index in [1.165, 1.54) is 6.08 Å². The Morgan fingerprint density at radius 2 is 1.70 bits per heavy atom. The van der Waals surface area contributed by atoms with Crippen molar-refractivity contribution in [1.82, 2.24) is 0 Å². The fraction of sp³-hybridized carbons (Fsp3) is 0.167. The number of ketones is 1. The lowest BCUT2D eigenvalue weighted by atomic mass is 10.1. The van der Waals surface area contributed by atoms with E-state index in [1.807, 2.05) is 18.2 Å². The van der Waals surface area contributed by atoms with Crippen molar-refractivity contribution in [2.45, 2.75) is 0 Å². The second-order valence-corrected chi connectivity index (χ2v) is 4.91. The first-order chi connectivity index (χ1) is 11.2. The van der Waals surface area contributed by atoms with Crippen molar-refractivity contribution in [3.8, 4) is 23.0 Å². The molecule has 1 aliphatic heterocycles. The molecule has 2 aromatic carbocycles. The summed E-state index contributed by atoms with van der Waals surface area (Å²) in [5.74, 6) is 2.40. The summed E-state index contributed by atoms with van der Waals surface area (Å²) in [5, 5.41) is 0. The number of benzene rings is 2. The van der Waals surface area contributed by atoms with Crippen LogP contribution in [0.15, 0.2) is 42.5 Å². The molecule has 3 rings (SSSR count). The van der Waals surface area contributed by atoms with Gasteiger partial charge in [0, 0.05) is 11.6 Å². The standard InChI is InChI=1S/C18H16O5/c1-20-14-8-13(9-15(10-14)21-2)16(19)5-3-12-4-6-17-18(7-12)23-11-22-17/h3-10H,11H2,1-2H3. The molecule has 0 spiro atoms. The number of allylic oxidation sites excluding steroid dienone is 1. The predicted octanol–water partition coefficient (Wildman–Crippen LogP) is 3.33. The fourth-order valence-electron chi connectivity index (χ4n) is 2.23. The Balaban J connectivity index is 1.81. The van der Waals surface area contributed by atoms with Crippen LogP contribution in [0.3, 0.4) is 0 Å². The number of carbonyl (C=O) groups excluding carboxylic acids is 1. The molecule has 0 amide bonds. The molecule has 5 nitrogen and oxygen atoms in total. The minimum absolute atomic E-state index is 0.139. The van der Waals surface area contributed by atoms with Gasteiger partial charge in [0.1, 0.15) is 11.5 Å². The van der Waals surface area contributed by atoms with Crippen LogP contribution in [-0.2, 0) is 0 Å². The van der Waals surface area contributed by atoms with Crippen LogP contribution in [0, 0.1) is 0 Å². The first-order valence-corrected chi connectivity index (χ1v) is 7.05. The van der Waals surface area contributed by atoms with Crippen molar-refractivity contribution in [1.29, 1.82) is 0 Å². The minimum atomic E-state index is -0.139. The van der Waals surface area contributed by atoms with Crippen molar-refractivity contribution in [2.24, 2.45) is 0 Å². The SMILES string of the molecule is COc1cc(OC)cc(C(=O)C=Cc2ccc3c(c2)OCO3)c1. The lowest BCUT2D eigenvalue weighted by Gasteiger charge is -2.06. The highest BCUT2D eigenvalue weighted by Crippen LogP contribution is 2.32. The molecule has 23 heavy (non-hydrogen) atoms. The molecule has 0 saturated carbocycles. The topological polar surface area (TPSA) is 54.0 Å². The number of rotatable bonds is 5. The number of fused-ring (bicyclic) bond motifs is 1. The summed E-state index contributed by atoms with van der Waals surface area (Å²) < 4.78 is 20.9. The van der Waals surface area contributed by atoms with Crippen LogP contribution in [-0.4, -0.2) is 26.8 Å². The number of ether oxygens (including phenoxy) is 4. The van der Waals surface area contributed by atoms with E-state index in [1.54, 1.807) is 38.5 Å². The summed E-state index contributed by atoms with van der Waals surface area (Å²) in [5.41, 5.74) is 1.36. The first kappa shape index (κ1) is 15.0. The van der Waals surface area contributed by atoms with Crippen LogP contribution in [0.25, 0.3) is 6.08 Å². The summed E-state index contributed by atoms with van der Waals surface area (Å²) in [6.45, 7) is 0.227. The quantitative estimate of drug-likeness (QED) is 0.626. The predicted molar refractivity (Wildman–Crippen MR) is 85.5 cm³/mol. The fourth-order valence-corrected chi connectivity index (χ4v) is 2.23. The molecule has 0 atom stereocenters. The summed E-state index contributed by atoms with van der Waals surface area (Å²) in [4.78, 5) is 12.3. The molecule has 0 bridgehead atoms. The molecule has 0 aliphatic carbocycles. The van der Waals surface area contributed by atoms with Gasteiger partial charge in [0.05, 0.1) is 14.2 Å². The summed E-state index contributed by atoms with van der Waals surface area (Å²) in [7, 11) is 3.09. The Kier molecular flexibility index (Phi) is 4.19. The minimum Gasteiger partial charge on any atom is -0.497 e.